The molecule has 1 aliphatic heterocycles. The van der Waals surface area contributed by atoms with Gasteiger partial charge in [0.1, 0.15) is 17.4 Å². The first-order chi connectivity index (χ1) is 15.4. The topological polar surface area (TPSA) is 74.8 Å². The number of urea groups is 1. The average Bonchev–Trinajstić information content (AvgIpc) is 3.16. The van der Waals surface area contributed by atoms with E-state index < -0.39 is 0 Å². The van der Waals surface area contributed by atoms with Gasteiger partial charge in [-0.25, -0.2) is 14.2 Å². The monoisotopic (exact) mass is 434 g/mol. The molecule has 0 atom stereocenters. The summed E-state index contributed by atoms with van der Waals surface area (Å²) >= 11 is 0. The largest absolute Gasteiger partial charge is 0.496 e. The lowest BCUT2D eigenvalue weighted by molar-refractivity contribution is 0.102. The van der Waals surface area contributed by atoms with E-state index in [1.807, 2.05) is 13.0 Å². The zero-order chi connectivity index (χ0) is 22.7. The molecule has 164 valence electrons. The third kappa shape index (κ3) is 4.54. The summed E-state index contributed by atoms with van der Waals surface area (Å²) in [5.41, 5.74) is 2.80. The van der Waals surface area contributed by atoms with Crippen molar-refractivity contribution in [3.8, 4) is 5.75 Å². The maximum Gasteiger partial charge on any atom is 0.326 e. The quantitative estimate of drug-likeness (QED) is 0.630. The van der Waals surface area contributed by atoms with Crippen LogP contribution in [0.5, 0.6) is 5.75 Å². The van der Waals surface area contributed by atoms with Gasteiger partial charge in [0.25, 0.3) is 5.91 Å². The fourth-order valence-electron chi connectivity index (χ4n) is 3.54. The lowest BCUT2D eigenvalue weighted by atomic mass is 10.1. The van der Waals surface area contributed by atoms with Gasteiger partial charge in [-0.3, -0.25) is 9.69 Å². The van der Waals surface area contributed by atoms with Gasteiger partial charge in [0.2, 0.25) is 0 Å². The standard InChI is InChI=1S/C24H23FN4O3/c1-16-3-6-18(13-21(16)32-2)23(30)27-20-9-10-22(26-14-20)29-12-11-28(24(29)31)15-17-4-7-19(25)8-5-17/h3-10,13-14H,11-12,15H2,1-2H3,(H,27,30). The maximum atomic E-state index is 13.1. The zero-order valence-corrected chi connectivity index (χ0v) is 17.8. The van der Waals surface area contributed by atoms with Gasteiger partial charge in [0, 0.05) is 25.2 Å². The number of nitrogens with one attached hydrogen (secondary N) is 1. The van der Waals surface area contributed by atoms with E-state index in [9.17, 15) is 14.0 Å². The molecule has 1 N–H and O–H groups in total. The number of hydrogen-bond acceptors (Lipinski definition) is 4. The molecule has 2 aromatic carbocycles. The maximum absolute atomic E-state index is 13.1. The Morgan fingerprint density at radius 1 is 1.12 bits per heavy atom. The van der Waals surface area contributed by atoms with E-state index in [2.05, 4.69) is 10.3 Å². The van der Waals surface area contributed by atoms with Gasteiger partial charge >= 0.3 is 6.03 Å². The number of carbonyl (C=O) groups is 2. The summed E-state index contributed by atoms with van der Waals surface area (Å²) in [6, 6.07) is 14.6. The highest BCUT2D eigenvalue weighted by atomic mass is 19.1. The van der Waals surface area contributed by atoms with Crippen molar-refractivity contribution < 1.29 is 18.7 Å². The van der Waals surface area contributed by atoms with Crippen LogP contribution >= 0.6 is 0 Å². The predicted molar refractivity (Wildman–Crippen MR) is 119 cm³/mol. The van der Waals surface area contributed by atoms with E-state index in [4.69, 9.17) is 4.74 Å². The van der Waals surface area contributed by atoms with Crippen LogP contribution in [0.15, 0.2) is 60.8 Å². The number of methoxy groups -OCH3 is 1. The second kappa shape index (κ2) is 9.05. The second-order valence-corrected chi connectivity index (χ2v) is 7.53. The number of pyridine rings is 1. The predicted octanol–water partition coefficient (Wildman–Crippen LogP) is 4.23. The van der Waals surface area contributed by atoms with Gasteiger partial charge in [-0.15, -0.1) is 0 Å². The number of rotatable bonds is 6. The summed E-state index contributed by atoms with van der Waals surface area (Å²) in [6.07, 6.45) is 1.52. The minimum Gasteiger partial charge on any atom is -0.496 e. The van der Waals surface area contributed by atoms with Crippen molar-refractivity contribution >= 4 is 23.4 Å². The van der Waals surface area contributed by atoms with Crippen molar-refractivity contribution in [1.29, 1.82) is 0 Å². The summed E-state index contributed by atoms with van der Waals surface area (Å²) in [7, 11) is 1.56. The lowest BCUT2D eigenvalue weighted by Gasteiger charge is -2.18. The molecule has 3 aromatic rings. The Morgan fingerprint density at radius 3 is 2.59 bits per heavy atom. The van der Waals surface area contributed by atoms with Crippen LogP contribution in [-0.2, 0) is 6.54 Å². The highest BCUT2D eigenvalue weighted by Gasteiger charge is 2.30. The number of anilines is 2. The van der Waals surface area contributed by atoms with E-state index >= 15 is 0 Å². The van der Waals surface area contributed by atoms with Crippen LogP contribution in [0.4, 0.5) is 20.7 Å². The number of carbonyl (C=O) groups excluding carboxylic acids is 2. The van der Waals surface area contributed by atoms with Crippen LogP contribution in [-0.4, -0.2) is 42.0 Å². The third-order valence-electron chi connectivity index (χ3n) is 5.33. The molecule has 4 rings (SSSR count). The molecular formula is C24H23FN4O3. The normalized spacial score (nSPS) is 13.4. The first-order valence-corrected chi connectivity index (χ1v) is 10.2. The zero-order valence-electron chi connectivity index (χ0n) is 17.8. The van der Waals surface area contributed by atoms with Crippen molar-refractivity contribution in [3.05, 3.63) is 83.3 Å². The summed E-state index contributed by atoms with van der Waals surface area (Å²) in [5, 5.41) is 2.80. The fourth-order valence-corrected chi connectivity index (χ4v) is 3.54. The van der Waals surface area contributed by atoms with Crippen LogP contribution in [0, 0.1) is 12.7 Å². The van der Waals surface area contributed by atoms with Gasteiger partial charge in [-0.1, -0.05) is 18.2 Å². The Morgan fingerprint density at radius 2 is 1.91 bits per heavy atom. The summed E-state index contributed by atoms with van der Waals surface area (Å²) in [4.78, 5) is 32.9. The van der Waals surface area contributed by atoms with Crippen LogP contribution < -0.4 is 15.0 Å². The summed E-state index contributed by atoms with van der Waals surface area (Å²) in [6.45, 7) is 3.36. The molecule has 0 spiro atoms. The van der Waals surface area contributed by atoms with Crippen molar-refractivity contribution in [1.82, 2.24) is 9.88 Å². The Bertz CT molecular complexity index is 1130. The first-order valence-electron chi connectivity index (χ1n) is 10.2. The van der Waals surface area contributed by atoms with Crippen LogP contribution in [0.25, 0.3) is 0 Å². The molecule has 3 amide bonds. The van der Waals surface area contributed by atoms with Crippen LogP contribution in [0.1, 0.15) is 21.5 Å². The molecular weight excluding hydrogens is 411 g/mol. The molecule has 0 bridgehead atoms. The number of nitrogens with zero attached hydrogens (tertiary/aromatic N) is 3. The molecule has 32 heavy (non-hydrogen) atoms. The number of benzene rings is 2. The number of halogens is 1. The minimum absolute atomic E-state index is 0.162. The Labute approximate surface area is 185 Å². The molecule has 0 radical (unpaired) electrons. The molecule has 7 nitrogen and oxygen atoms in total. The van der Waals surface area contributed by atoms with E-state index in [0.29, 0.717) is 42.5 Å². The number of ether oxygens (including phenoxy) is 1. The Hall–Kier alpha value is -3.94. The third-order valence-corrected chi connectivity index (χ3v) is 5.33. The van der Waals surface area contributed by atoms with Gasteiger partial charge in [0.15, 0.2) is 0 Å². The number of aromatic nitrogens is 1. The first kappa shape index (κ1) is 21.3. The highest BCUT2D eigenvalue weighted by molar-refractivity contribution is 6.04. The molecule has 0 aliphatic carbocycles. The summed E-state index contributed by atoms with van der Waals surface area (Å²) in [5.74, 6) is 0.567. The van der Waals surface area contributed by atoms with E-state index in [-0.39, 0.29) is 17.8 Å². The molecule has 0 unspecified atom stereocenters. The van der Waals surface area contributed by atoms with Crippen molar-refractivity contribution in [2.75, 3.05) is 30.4 Å². The number of hydrogen-bond donors (Lipinski definition) is 1. The van der Waals surface area contributed by atoms with E-state index in [1.54, 1.807) is 53.3 Å². The van der Waals surface area contributed by atoms with E-state index in [1.165, 1.54) is 18.3 Å². The SMILES string of the molecule is COc1cc(C(=O)Nc2ccc(N3CCN(Cc4ccc(F)cc4)C3=O)nc2)ccc1C. The van der Waals surface area contributed by atoms with Gasteiger partial charge in [0.05, 0.1) is 19.0 Å². The Kier molecular flexibility index (Phi) is 6.02. The van der Waals surface area contributed by atoms with Crippen LogP contribution in [0.2, 0.25) is 0 Å². The van der Waals surface area contributed by atoms with Crippen LogP contribution in [0.3, 0.4) is 0 Å². The lowest BCUT2D eigenvalue weighted by Crippen LogP contribution is -2.31. The number of aryl methyl sites for hydroxylation is 1. The summed E-state index contributed by atoms with van der Waals surface area (Å²) < 4.78 is 18.4. The van der Waals surface area contributed by atoms with Crippen molar-refractivity contribution in [2.45, 2.75) is 13.5 Å². The van der Waals surface area contributed by atoms with Gasteiger partial charge in [-0.2, -0.15) is 0 Å². The molecule has 1 fully saturated rings. The minimum atomic E-state index is -0.305. The molecule has 0 saturated carbocycles. The smallest absolute Gasteiger partial charge is 0.326 e. The molecule has 1 aromatic heterocycles. The highest BCUT2D eigenvalue weighted by Crippen LogP contribution is 2.23. The fraction of sp³-hybridized carbons (Fsp3) is 0.208. The molecule has 1 saturated heterocycles. The van der Waals surface area contributed by atoms with E-state index in [0.717, 1.165) is 11.1 Å². The molecule has 2 heterocycles. The average molecular weight is 434 g/mol. The number of amides is 3. The molecule has 1 aliphatic rings. The van der Waals surface area contributed by atoms with Gasteiger partial charge < -0.3 is 15.0 Å². The van der Waals surface area contributed by atoms with Gasteiger partial charge in [-0.05, 0) is 54.4 Å². The second-order valence-electron chi connectivity index (χ2n) is 7.53. The molecule has 8 heteroatoms. The van der Waals surface area contributed by atoms with Crippen molar-refractivity contribution in [3.63, 3.8) is 0 Å². The van der Waals surface area contributed by atoms with Crippen molar-refractivity contribution in [2.24, 2.45) is 0 Å². The Balaban J connectivity index is 1.39.